The molecule has 0 N–H and O–H groups in total. The van der Waals surface area contributed by atoms with Gasteiger partial charge in [0.15, 0.2) is 0 Å². The Balaban J connectivity index is 2.89. The molecule has 0 saturated heterocycles. The molecular weight excluding hydrogens is 331 g/mol. The van der Waals surface area contributed by atoms with Crippen molar-refractivity contribution in [1.82, 2.24) is 0 Å². The molecule has 0 aliphatic heterocycles. The summed E-state index contributed by atoms with van der Waals surface area (Å²) in [5, 5.41) is 0. The predicted molar refractivity (Wildman–Crippen MR) is 61.1 cm³/mol. The van der Waals surface area contributed by atoms with Crippen molar-refractivity contribution in [1.29, 1.82) is 0 Å². The fourth-order valence-electron chi connectivity index (χ4n) is 0.900. The van der Waals surface area contributed by atoms with Gasteiger partial charge in [-0.3, -0.25) is 0 Å². The first-order valence-electron chi connectivity index (χ1n) is 3.32. The minimum atomic E-state index is 1.02. The number of benzene rings is 1. The van der Waals surface area contributed by atoms with E-state index < -0.39 is 0 Å². The van der Waals surface area contributed by atoms with Gasteiger partial charge >= 0.3 is 0 Å². The maximum atomic E-state index is 3.46. The molecule has 0 heterocycles. The molecule has 0 nitrogen and oxygen atoms in total. The van der Waals surface area contributed by atoms with E-state index in [1.807, 2.05) is 0 Å². The summed E-state index contributed by atoms with van der Waals surface area (Å²) in [7, 11) is 3.46. The number of hydrogen-bond acceptors (Lipinski definition) is 0. The third-order valence-corrected chi connectivity index (χ3v) is 2.67. The average Bonchev–Trinajstić information content (AvgIpc) is 1.85. The van der Waals surface area contributed by atoms with Crippen LogP contribution in [0.2, 0.25) is 6.04 Å². The van der Waals surface area contributed by atoms with E-state index >= 15 is 0 Å². The maximum absolute atomic E-state index is 3.46. The van der Waals surface area contributed by atoms with Crippen LogP contribution in [0.25, 0.3) is 0 Å². The van der Waals surface area contributed by atoms with Crippen molar-refractivity contribution in [3.8, 4) is 0 Å². The molecule has 1 aromatic rings. The highest BCUT2D eigenvalue weighted by Gasteiger charge is 1.95. The fourth-order valence-corrected chi connectivity index (χ4v) is 2.89. The van der Waals surface area contributed by atoms with Gasteiger partial charge in [-0.1, -0.05) is 22.0 Å². The molecule has 0 saturated carbocycles. The van der Waals surface area contributed by atoms with E-state index in [0.29, 0.717) is 0 Å². The zero-order valence-electron chi connectivity index (χ0n) is 5.90. The Labute approximate surface area is 92.5 Å². The van der Waals surface area contributed by atoms with Crippen molar-refractivity contribution in [3.63, 3.8) is 0 Å². The molecule has 0 unspecified atom stereocenters. The largest absolute Gasteiger partial charge is 0.0597 e. The molecule has 0 aliphatic carbocycles. The van der Waals surface area contributed by atoms with Crippen molar-refractivity contribution in [2.45, 2.75) is 12.5 Å². The SMILES string of the molecule is [Si]CCc1cc(Br)cc(I)c1. The Morgan fingerprint density at radius 2 is 2.09 bits per heavy atom. The van der Waals surface area contributed by atoms with Crippen LogP contribution >= 0.6 is 38.5 Å². The minimum absolute atomic E-state index is 1.02. The maximum Gasteiger partial charge on any atom is 0.0225 e. The fraction of sp³-hybridized carbons (Fsp3) is 0.250. The van der Waals surface area contributed by atoms with Gasteiger partial charge in [0.1, 0.15) is 0 Å². The molecule has 0 amide bonds. The molecule has 0 aromatic heterocycles. The standard InChI is InChI=1S/C8H7BrISi/c9-7-3-6(1-2-11)4-8(10)5-7/h3-5H,1-2H2. The first-order chi connectivity index (χ1) is 5.22. The molecule has 1 rings (SSSR count). The van der Waals surface area contributed by atoms with Crippen molar-refractivity contribution in [3.05, 3.63) is 31.8 Å². The predicted octanol–water partition coefficient (Wildman–Crippen LogP) is 3.18. The van der Waals surface area contributed by atoms with Crippen LogP contribution in [0.3, 0.4) is 0 Å². The lowest BCUT2D eigenvalue weighted by atomic mass is 10.2. The van der Waals surface area contributed by atoms with E-state index in [1.54, 1.807) is 0 Å². The number of halogens is 2. The van der Waals surface area contributed by atoms with E-state index in [4.69, 9.17) is 0 Å². The zero-order valence-corrected chi connectivity index (χ0v) is 10.6. The second-order valence-electron chi connectivity index (χ2n) is 2.28. The molecule has 11 heavy (non-hydrogen) atoms. The molecular formula is C8H7BrISi. The molecule has 0 fully saturated rings. The number of hydrogen-bond donors (Lipinski definition) is 0. The second kappa shape index (κ2) is 4.62. The molecule has 0 atom stereocenters. The van der Waals surface area contributed by atoms with Gasteiger partial charge in [-0.25, -0.2) is 0 Å². The number of rotatable bonds is 2. The van der Waals surface area contributed by atoms with Gasteiger partial charge in [0.25, 0.3) is 0 Å². The highest BCUT2D eigenvalue weighted by atomic mass is 127. The summed E-state index contributed by atoms with van der Waals surface area (Å²) in [5.41, 5.74) is 1.37. The van der Waals surface area contributed by atoms with E-state index in [2.05, 4.69) is 67.0 Å². The van der Waals surface area contributed by atoms with Crippen molar-refractivity contribution in [2.24, 2.45) is 0 Å². The van der Waals surface area contributed by atoms with Crippen LogP contribution in [-0.4, -0.2) is 10.2 Å². The molecule has 57 valence electrons. The quantitative estimate of drug-likeness (QED) is 0.574. The summed E-state index contributed by atoms with van der Waals surface area (Å²) in [4.78, 5) is 0. The second-order valence-corrected chi connectivity index (χ2v) is 4.94. The van der Waals surface area contributed by atoms with Crippen LogP contribution in [0.1, 0.15) is 5.56 Å². The molecule has 3 radical (unpaired) electrons. The van der Waals surface area contributed by atoms with E-state index in [1.165, 1.54) is 13.6 Å². The summed E-state index contributed by atoms with van der Waals surface area (Å²) < 4.78 is 2.45. The number of aryl methyl sites for hydroxylation is 1. The monoisotopic (exact) mass is 337 g/mol. The molecule has 1 aromatic carbocycles. The van der Waals surface area contributed by atoms with E-state index in [0.717, 1.165) is 12.5 Å². The van der Waals surface area contributed by atoms with Gasteiger partial charge in [0.05, 0.1) is 0 Å². The van der Waals surface area contributed by atoms with Gasteiger partial charge < -0.3 is 0 Å². The summed E-state index contributed by atoms with van der Waals surface area (Å²) >= 11 is 5.79. The van der Waals surface area contributed by atoms with Crippen molar-refractivity contribution >= 4 is 48.8 Å². The third-order valence-electron chi connectivity index (χ3n) is 1.34. The van der Waals surface area contributed by atoms with Crippen LogP contribution < -0.4 is 0 Å². The van der Waals surface area contributed by atoms with Gasteiger partial charge in [0.2, 0.25) is 0 Å². The lowest BCUT2D eigenvalue weighted by Gasteiger charge is -2.00. The van der Waals surface area contributed by atoms with Crippen LogP contribution in [0.4, 0.5) is 0 Å². The smallest absolute Gasteiger partial charge is 0.0225 e. The Hall–Kier alpha value is 0.647. The summed E-state index contributed by atoms with van der Waals surface area (Å²) in [6.45, 7) is 0. The molecule has 3 heteroatoms. The summed E-state index contributed by atoms with van der Waals surface area (Å²) in [6, 6.07) is 7.48. The zero-order chi connectivity index (χ0) is 8.27. The van der Waals surface area contributed by atoms with Crippen LogP contribution in [0.15, 0.2) is 22.7 Å². The Bertz CT molecular complexity index is 230. The molecule has 0 bridgehead atoms. The van der Waals surface area contributed by atoms with E-state index in [9.17, 15) is 0 Å². The van der Waals surface area contributed by atoms with Crippen LogP contribution in [-0.2, 0) is 6.42 Å². The van der Waals surface area contributed by atoms with Gasteiger partial charge in [-0.15, -0.1) is 0 Å². The first-order valence-corrected chi connectivity index (χ1v) is 5.90. The first kappa shape index (κ1) is 9.73. The molecule has 0 aliphatic rings. The van der Waals surface area contributed by atoms with Gasteiger partial charge in [-0.2, -0.15) is 0 Å². The lowest BCUT2D eigenvalue weighted by molar-refractivity contribution is 1.13. The molecule has 0 spiro atoms. The highest BCUT2D eigenvalue weighted by Crippen LogP contribution is 2.17. The lowest BCUT2D eigenvalue weighted by Crippen LogP contribution is -1.85. The van der Waals surface area contributed by atoms with E-state index in [-0.39, 0.29) is 0 Å². The van der Waals surface area contributed by atoms with Crippen molar-refractivity contribution in [2.75, 3.05) is 0 Å². The summed E-state index contributed by atoms with van der Waals surface area (Å²) in [6.07, 6.45) is 1.09. The van der Waals surface area contributed by atoms with Crippen LogP contribution in [0, 0.1) is 3.57 Å². The Morgan fingerprint density at radius 1 is 1.36 bits per heavy atom. The average molecular weight is 338 g/mol. The minimum Gasteiger partial charge on any atom is -0.0597 e. The third kappa shape index (κ3) is 3.25. The van der Waals surface area contributed by atoms with Gasteiger partial charge in [-0.05, 0) is 52.8 Å². The normalized spacial score (nSPS) is 10.1. The Kier molecular flexibility index (Phi) is 4.09. The van der Waals surface area contributed by atoms with Crippen LogP contribution in [0.5, 0.6) is 0 Å². The van der Waals surface area contributed by atoms with Crippen molar-refractivity contribution < 1.29 is 0 Å². The topological polar surface area (TPSA) is 0 Å². The Morgan fingerprint density at radius 3 is 2.64 bits per heavy atom. The summed E-state index contributed by atoms with van der Waals surface area (Å²) in [5.74, 6) is 0. The van der Waals surface area contributed by atoms with Gasteiger partial charge in [0, 0.05) is 18.3 Å². The highest BCUT2D eigenvalue weighted by molar-refractivity contribution is 14.1.